The first kappa shape index (κ1) is 29.7. The number of ether oxygens (including phenoxy) is 1. The second-order valence-electron chi connectivity index (χ2n) is 10.1. The number of fused-ring (bicyclic) bond motifs is 1. The maximum Gasteiger partial charge on any atom is 0.416 e. The van der Waals surface area contributed by atoms with E-state index in [0.29, 0.717) is 36.4 Å². The largest absolute Gasteiger partial charge is 0.444 e. The van der Waals surface area contributed by atoms with Crippen LogP contribution in [0.15, 0.2) is 42.5 Å². The molecular weight excluding hydrogens is 549 g/mol. The summed E-state index contributed by atoms with van der Waals surface area (Å²) in [5.41, 5.74) is 6.21. The number of nitrogens with zero attached hydrogens (tertiary/aromatic N) is 3. The number of nitrogens with two attached hydrogens (primary N) is 1. The Morgan fingerprint density at radius 3 is 2.60 bits per heavy atom. The number of rotatable bonds is 8. The molecule has 0 spiro atoms. The van der Waals surface area contributed by atoms with Gasteiger partial charge < -0.3 is 20.3 Å². The van der Waals surface area contributed by atoms with Gasteiger partial charge in [-0.25, -0.2) is 4.79 Å². The van der Waals surface area contributed by atoms with E-state index in [1.165, 1.54) is 22.8 Å². The molecule has 2 aliphatic heterocycles. The van der Waals surface area contributed by atoms with Crippen molar-refractivity contribution >= 4 is 29.5 Å². The Balaban J connectivity index is 1.56. The third kappa shape index (κ3) is 6.87. The van der Waals surface area contributed by atoms with Crippen LogP contribution in [0.2, 0.25) is 5.02 Å². The number of benzene rings is 2. The molecule has 2 saturated heterocycles. The molecule has 0 radical (unpaired) electrons. The number of alkyl halides is 3. The number of amides is 3. The molecule has 0 aliphatic carbocycles. The van der Waals surface area contributed by atoms with E-state index >= 15 is 0 Å². The van der Waals surface area contributed by atoms with Gasteiger partial charge >= 0.3 is 12.3 Å². The van der Waals surface area contributed by atoms with Crippen LogP contribution in [-0.4, -0.2) is 64.4 Å². The Kier molecular flexibility index (Phi) is 9.25. The average Bonchev–Trinajstić information content (AvgIpc) is 2.89. The number of unbranched alkanes of at least 4 members (excludes halogenated alkanes) is 1. The van der Waals surface area contributed by atoms with Crippen molar-refractivity contribution in [3.8, 4) is 0 Å². The molecule has 0 saturated carbocycles. The van der Waals surface area contributed by atoms with Crippen LogP contribution in [-0.2, 0) is 33.7 Å². The standard InChI is InChI=1S/C28H32ClF3N4O4/c1-18-11-20(13-21(12-18)28(30,31)32)17-40-27(39)35-10-8-25(37)36-23(7-2-3-9-33)26(38)34(16-24(35)36)15-19-5-4-6-22(29)14-19/h4-6,11-14,23-24H,2-3,7-10,15-17,33H2,1H3/t23-,24?/m0/s1. The molecule has 2 aromatic rings. The summed E-state index contributed by atoms with van der Waals surface area (Å²) in [4.78, 5) is 44.4. The van der Waals surface area contributed by atoms with E-state index in [4.69, 9.17) is 22.1 Å². The number of piperazine rings is 1. The third-order valence-electron chi connectivity index (χ3n) is 7.11. The van der Waals surface area contributed by atoms with E-state index < -0.39 is 30.0 Å². The SMILES string of the molecule is Cc1cc(COC(=O)N2CCC(=O)N3C2CN(Cc2cccc(Cl)c2)C(=O)[C@@H]3CCCCN)cc(C(F)(F)F)c1. The second-order valence-corrected chi connectivity index (χ2v) is 10.6. The average molecular weight is 581 g/mol. The van der Waals surface area contributed by atoms with Crippen LogP contribution >= 0.6 is 11.6 Å². The highest BCUT2D eigenvalue weighted by Gasteiger charge is 2.48. The summed E-state index contributed by atoms with van der Waals surface area (Å²) in [5.74, 6) is -0.465. The number of carbonyl (C=O) groups excluding carboxylic acids is 3. The molecule has 2 aliphatic rings. The molecule has 8 nitrogen and oxygen atoms in total. The Morgan fingerprint density at radius 2 is 1.90 bits per heavy atom. The van der Waals surface area contributed by atoms with Gasteiger partial charge in [0.1, 0.15) is 18.8 Å². The van der Waals surface area contributed by atoms with Crippen LogP contribution in [0.25, 0.3) is 0 Å². The van der Waals surface area contributed by atoms with Gasteiger partial charge in [-0.3, -0.25) is 14.5 Å². The molecule has 2 atom stereocenters. The van der Waals surface area contributed by atoms with Crippen molar-refractivity contribution in [2.45, 2.75) is 64.1 Å². The monoisotopic (exact) mass is 580 g/mol. The molecule has 0 aromatic heterocycles. The molecule has 0 bridgehead atoms. The van der Waals surface area contributed by atoms with E-state index in [1.807, 2.05) is 6.07 Å². The van der Waals surface area contributed by atoms with E-state index in [0.717, 1.165) is 17.7 Å². The van der Waals surface area contributed by atoms with Gasteiger partial charge in [-0.1, -0.05) is 35.4 Å². The van der Waals surface area contributed by atoms with Gasteiger partial charge in [-0.2, -0.15) is 13.2 Å². The van der Waals surface area contributed by atoms with Crippen LogP contribution < -0.4 is 5.73 Å². The predicted molar refractivity (Wildman–Crippen MR) is 142 cm³/mol. The maximum absolute atomic E-state index is 13.6. The van der Waals surface area contributed by atoms with Crippen LogP contribution in [0.3, 0.4) is 0 Å². The van der Waals surface area contributed by atoms with Crippen LogP contribution in [0.4, 0.5) is 18.0 Å². The zero-order chi connectivity index (χ0) is 29.0. The summed E-state index contributed by atoms with van der Waals surface area (Å²) in [5, 5.41) is 0.519. The molecule has 2 fully saturated rings. The van der Waals surface area contributed by atoms with Crippen molar-refractivity contribution in [2.75, 3.05) is 19.6 Å². The first-order chi connectivity index (χ1) is 19.0. The molecule has 1 unspecified atom stereocenters. The second kappa shape index (κ2) is 12.5. The summed E-state index contributed by atoms with van der Waals surface area (Å²) in [6.07, 6.45) is -4.40. The minimum atomic E-state index is -4.53. The van der Waals surface area contributed by atoms with Crippen molar-refractivity contribution < 1.29 is 32.3 Å². The topological polar surface area (TPSA) is 96.2 Å². The van der Waals surface area contributed by atoms with Crippen LogP contribution in [0.5, 0.6) is 0 Å². The number of hydrogen-bond donors (Lipinski definition) is 1. The normalized spacial score (nSPS) is 19.6. The minimum absolute atomic E-state index is 0.00320. The lowest BCUT2D eigenvalue weighted by Crippen LogP contribution is -2.71. The number of aryl methyl sites for hydroxylation is 1. The van der Waals surface area contributed by atoms with Gasteiger partial charge in [-0.15, -0.1) is 0 Å². The summed E-state index contributed by atoms with van der Waals surface area (Å²) >= 11 is 6.14. The molecule has 40 heavy (non-hydrogen) atoms. The Labute approximate surface area is 235 Å². The molecule has 2 aromatic carbocycles. The molecule has 3 amide bonds. The quantitative estimate of drug-likeness (QED) is 0.457. The van der Waals surface area contributed by atoms with Gasteiger partial charge in [0, 0.05) is 24.5 Å². The van der Waals surface area contributed by atoms with Crippen molar-refractivity contribution in [1.29, 1.82) is 0 Å². The molecule has 216 valence electrons. The molecule has 2 N–H and O–H groups in total. The van der Waals surface area contributed by atoms with Gasteiger partial charge in [0.05, 0.1) is 12.1 Å². The fourth-order valence-corrected chi connectivity index (χ4v) is 5.50. The van der Waals surface area contributed by atoms with Crippen LogP contribution in [0.1, 0.15) is 47.9 Å². The highest BCUT2D eigenvalue weighted by molar-refractivity contribution is 6.30. The molecule has 4 rings (SSSR count). The Bertz CT molecular complexity index is 1260. The lowest BCUT2D eigenvalue weighted by Gasteiger charge is -2.52. The zero-order valence-electron chi connectivity index (χ0n) is 22.1. The summed E-state index contributed by atoms with van der Waals surface area (Å²) in [7, 11) is 0. The molecular formula is C28H32ClF3N4O4. The van der Waals surface area contributed by atoms with E-state index in [2.05, 4.69) is 0 Å². The maximum atomic E-state index is 13.6. The Hall–Kier alpha value is -3.31. The van der Waals surface area contributed by atoms with Crippen molar-refractivity contribution in [3.05, 3.63) is 69.7 Å². The van der Waals surface area contributed by atoms with E-state index in [1.54, 1.807) is 23.1 Å². The summed E-state index contributed by atoms with van der Waals surface area (Å²) in [6.45, 7) is 1.96. The summed E-state index contributed by atoms with van der Waals surface area (Å²) in [6, 6.07) is 9.81. The number of hydrogen-bond acceptors (Lipinski definition) is 5. The third-order valence-corrected chi connectivity index (χ3v) is 7.34. The van der Waals surface area contributed by atoms with Crippen molar-refractivity contribution in [1.82, 2.24) is 14.7 Å². The fraction of sp³-hybridized carbons (Fsp3) is 0.464. The minimum Gasteiger partial charge on any atom is -0.444 e. The molecule has 12 heteroatoms. The molecule has 2 heterocycles. The van der Waals surface area contributed by atoms with Gasteiger partial charge in [0.2, 0.25) is 11.8 Å². The zero-order valence-corrected chi connectivity index (χ0v) is 22.9. The number of carbonyl (C=O) groups is 3. The first-order valence-corrected chi connectivity index (χ1v) is 13.5. The summed E-state index contributed by atoms with van der Waals surface area (Å²) < 4.78 is 45.2. The van der Waals surface area contributed by atoms with Gasteiger partial charge in [-0.05, 0) is 68.1 Å². The first-order valence-electron chi connectivity index (χ1n) is 13.1. The fourth-order valence-electron chi connectivity index (χ4n) is 5.29. The lowest BCUT2D eigenvalue weighted by molar-refractivity contribution is -0.169. The van der Waals surface area contributed by atoms with Gasteiger partial charge in [0.25, 0.3) is 0 Å². The Morgan fingerprint density at radius 1 is 1.12 bits per heavy atom. The van der Waals surface area contributed by atoms with Gasteiger partial charge in [0.15, 0.2) is 0 Å². The van der Waals surface area contributed by atoms with Crippen molar-refractivity contribution in [2.24, 2.45) is 5.73 Å². The van der Waals surface area contributed by atoms with E-state index in [-0.39, 0.29) is 50.0 Å². The van der Waals surface area contributed by atoms with Crippen molar-refractivity contribution in [3.63, 3.8) is 0 Å². The highest BCUT2D eigenvalue weighted by atomic mass is 35.5. The lowest BCUT2D eigenvalue weighted by atomic mass is 9.98. The van der Waals surface area contributed by atoms with E-state index in [9.17, 15) is 27.6 Å². The predicted octanol–water partition coefficient (Wildman–Crippen LogP) is 4.70. The number of halogens is 4. The smallest absolute Gasteiger partial charge is 0.416 e. The highest BCUT2D eigenvalue weighted by Crippen LogP contribution is 2.32. The van der Waals surface area contributed by atoms with Crippen LogP contribution in [0, 0.1) is 6.92 Å².